The topological polar surface area (TPSA) is 121 Å². The summed E-state index contributed by atoms with van der Waals surface area (Å²) in [4.78, 5) is 47.7. The van der Waals surface area contributed by atoms with E-state index in [-0.39, 0.29) is 45.8 Å². The lowest BCUT2D eigenvalue weighted by molar-refractivity contribution is -0.143. The maximum absolute atomic E-state index is 13.9. The fourth-order valence-corrected chi connectivity index (χ4v) is 5.19. The van der Waals surface area contributed by atoms with Crippen molar-refractivity contribution >= 4 is 17.8 Å². The molecule has 0 bridgehead atoms. The fraction of sp³-hybridized carbons (Fsp3) is 0.500. The first-order chi connectivity index (χ1) is 19.3. The van der Waals surface area contributed by atoms with E-state index in [2.05, 4.69) is 10.3 Å². The number of rotatable bonds is 10. The summed E-state index contributed by atoms with van der Waals surface area (Å²) >= 11 is 0. The third kappa shape index (κ3) is 7.53. The first-order valence-corrected chi connectivity index (χ1v) is 13.3. The Morgan fingerprint density at radius 1 is 1.10 bits per heavy atom. The van der Waals surface area contributed by atoms with Crippen LogP contribution < -0.4 is 11.1 Å². The van der Waals surface area contributed by atoms with Gasteiger partial charge in [0.2, 0.25) is 11.8 Å². The first kappa shape index (κ1) is 30.3. The Bertz CT molecular complexity index is 1220. The Morgan fingerprint density at radius 3 is 2.44 bits per heavy atom. The summed E-state index contributed by atoms with van der Waals surface area (Å²) < 4.78 is 45.8. The molecule has 2 saturated heterocycles. The van der Waals surface area contributed by atoms with E-state index in [1.54, 1.807) is 24.4 Å². The molecule has 13 heteroatoms. The number of nitrogens with zero attached hydrogens (tertiary/aromatic N) is 4. The molecule has 1 aromatic carbocycles. The van der Waals surface area contributed by atoms with E-state index in [0.717, 1.165) is 10.5 Å². The molecular weight excluding hydrogens is 541 g/mol. The molecule has 0 unspecified atom stereocenters. The van der Waals surface area contributed by atoms with Gasteiger partial charge < -0.3 is 30.5 Å². The van der Waals surface area contributed by atoms with Gasteiger partial charge in [0, 0.05) is 44.5 Å². The summed E-state index contributed by atoms with van der Waals surface area (Å²) in [6, 6.07) is 12.7. The number of benzene rings is 1. The quantitative estimate of drug-likeness (QED) is 0.446. The van der Waals surface area contributed by atoms with Gasteiger partial charge in [-0.2, -0.15) is 13.2 Å². The molecule has 1 aromatic heterocycles. The number of hydrogen-bond donors (Lipinski definition) is 2. The van der Waals surface area contributed by atoms with Crippen LogP contribution in [0.3, 0.4) is 0 Å². The average molecular weight is 577 g/mol. The van der Waals surface area contributed by atoms with Crippen molar-refractivity contribution in [2.45, 2.75) is 50.2 Å². The van der Waals surface area contributed by atoms with Gasteiger partial charge in [-0.25, -0.2) is 4.79 Å². The zero-order valence-corrected chi connectivity index (χ0v) is 23.1. The minimum absolute atomic E-state index is 0.0275. The molecule has 3 N–H and O–H groups in total. The average Bonchev–Trinajstić information content (AvgIpc) is 3.16. The molecule has 2 fully saturated rings. The highest BCUT2D eigenvalue weighted by molar-refractivity contribution is 5.92. The zero-order valence-electron chi connectivity index (χ0n) is 23.1. The number of halogens is 3. The van der Waals surface area contributed by atoms with Gasteiger partial charge in [-0.15, -0.1) is 0 Å². The standard InChI is InChI=1S/C28H35F3N6O4/c1-26(2,32)24(39)34-22(16-41-15-20-8-4-3-5-9-20)23(38)35-12-13-37-25(40)36(19-28(29,30)31)18-27(37,17-35)14-21-10-6-7-11-33-21/h3-11,22H,12-19,32H2,1-2H3,(H,34,39)/t22-,27+/m1/s1. The second kappa shape index (κ2) is 12.0. The van der Waals surface area contributed by atoms with Crippen molar-refractivity contribution in [3.63, 3.8) is 0 Å². The van der Waals surface area contributed by atoms with Gasteiger partial charge in [0.15, 0.2) is 0 Å². The number of urea groups is 1. The number of piperazine rings is 1. The number of ether oxygens (including phenoxy) is 1. The Morgan fingerprint density at radius 2 is 1.80 bits per heavy atom. The molecule has 2 atom stereocenters. The molecule has 0 aliphatic carbocycles. The minimum atomic E-state index is -4.58. The van der Waals surface area contributed by atoms with Crippen molar-refractivity contribution in [3.05, 3.63) is 66.0 Å². The van der Waals surface area contributed by atoms with Crippen molar-refractivity contribution in [3.8, 4) is 0 Å². The first-order valence-electron chi connectivity index (χ1n) is 13.3. The SMILES string of the molecule is CC(C)(N)C(=O)N[C@H](COCc1ccccc1)C(=O)N1CCN2C(=O)N(CC(F)(F)F)C[C@]2(Cc2ccccn2)C1. The molecule has 2 aromatic rings. The molecule has 0 saturated carbocycles. The number of aromatic nitrogens is 1. The Balaban J connectivity index is 1.57. The van der Waals surface area contributed by atoms with Gasteiger partial charge in [-0.3, -0.25) is 14.6 Å². The lowest BCUT2D eigenvalue weighted by atomic mass is 9.89. The normalized spacial score (nSPS) is 20.1. The van der Waals surface area contributed by atoms with Crippen molar-refractivity contribution in [2.75, 3.05) is 39.3 Å². The zero-order chi connectivity index (χ0) is 29.8. The van der Waals surface area contributed by atoms with Crippen molar-refractivity contribution in [2.24, 2.45) is 5.73 Å². The highest BCUT2D eigenvalue weighted by Crippen LogP contribution is 2.35. The number of hydrogen-bond acceptors (Lipinski definition) is 6. The molecule has 10 nitrogen and oxygen atoms in total. The summed E-state index contributed by atoms with van der Waals surface area (Å²) in [6.07, 6.45) is -2.86. The Labute approximate surface area is 236 Å². The second-order valence-corrected chi connectivity index (χ2v) is 11.1. The Hall–Kier alpha value is -3.71. The molecule has 0 spiro atoms. The van der Waals surface area contributed by atoms with E-state index >= 15 is 0 Å². The largest absolute Gasteiger partial charge is 0.406 e. The number of carbonyl (C=O) groups excluding carboxylic acids is 3. The van der Waals surface area contributed by atoms with Crippen LogP contribution in [0.15, 0.2) is 54.7 Å². The highest BCUT2D eigenvalue weighted by atomic mass is 19.4. The molecular formula is C28H35F3N6O4. The third-order valence-electron chi connectivity index (χ3n) is 7.14. The van der Waals surface area contributed by atoms with Crippen LogP contribution in [0.2, 0.25) is 0 Å². The molecule has 4 amide bonds. The van der Waals surface area contributed by atoms with Crippen LogP contribution in [0, 0.1) is 0 Å². The molecule has 3 heterocycles. The molecule has 0 radical (unpaired) electrons. The molecule has 2 aliphatic rings. The van der Waals surface area contributed by atoms with Gasteiger partial charge >= 0.3 is 12.2 Å². The number of alkyl halides is 3. The van der Waals surface area contributed by atoms with E-state index in [1.807, 2.05) is 30.3 Å². The van der Waals surface area contributed by atoms with Crippen LogP contribution in [0.1, 0.15) is 25.1 Å². The second-order valence-electron chi connectivity index (χ2n) is 11.1. The van der Waals surface area contributed by atoms with Gasteiger partial charge in [-0.1, -0.05) is 36.4 Å². The van der Waals surface area contributed by atoms with Crippen molar-refractivity contribution in [1.29, 1.82) is 0 Å². The van der Waals surface area contributed by atoms with Crippen LogP contribution in [-0.4, -0.2) is 100 Å². The summed E-state index contributed by atoms with van der Waals surface area (Å²) in [5, 5.41) is 2.68. The van der Waals surface area contributed by atoms with Crippen LogP contribution in [0.4, 0.5) is 18.0 Å². The maximum Gasteiger partial charge on any atom is 0.406 e. The number of carbonyl (C=O) groups is 3. The molecule has 2 aliphatic heterocycles. The predicted octanol–water partition coefficient (Wildman–Crippen LogP) is 1.94. The summed E-state index contributed by atoms with van der Waals surface area (Å²) in [5.74, 6) is -1.04. The van der Waals surface area contributed by atoms with E-state index in [4.69, 9.17) is 10.5 Å². The number of nitrogens with one attached hydrogen (secondary N) is 1. The monoisotopic (exact) mass is 576 g/mol. The van der Waals surface area contributed by atoms with Crippen molar-refractivity contribution < 1.29 is 32.3 Å². The lowest BCUT2D eigenvalue weighted by Crippen LogP contribution is -2.66. The molecule has 4 rings (SSSR count). The van der Waals surface area contributed by atoms with E-state index in [0.29, 0.717) is 5.69 Å². The summed E-state index contributed by atoms with van der Waals surface area (Å²) in [7, 11) is 0. The van der Waals surface area contributed by atoms with Gasteiger partial charge in [0.25, 0.3) is 0 Å². The number of pyridine rings is 1. The maximum atomic E-state index is 13.9. The summed E-state index contributed by atoms with van der Waals surface area (Å²) in [6.45, 7) is 1.50. The van der Waals surface area contributed by atoms with Crippen molar-refractivity contribution in [1.82, 2.24) is 25.0 Å². The van der Waals surface area contributed by atoms with Crippen LogP contribution >= 0.6 is 0 Å². The van der Waals surface area contributed by atoms with Crippen LogP contribution in [0.25, 0.3) is 0 Å². The van der Waals surface area contributed by atoms with E-state index in [9.17, 15) is 27.6 Å². The lowest BCUT2D eigenvalue weighted by Gasteiger charge is -2.46. The van der Waals surface area contributed by atoms with Gasteiger partial charge in [-0.05, 0) is 31.5 Å². The smallest absolute Gasteiger partial charge is 0.374 e. The van der Waals surface area contributed by atoms with Gasteiger partial charge in [0.1, 0.15) is 12.6 Å². The molecule has 222 valence electrons. The van der Waals surface area contributed by atoms with E-state index in [1.165, 1.54) is 23.6 Å². The Kier molecular flexibility index (Phi) is 8.88. The minimum Gasteiger partial charge on any atom is -0.374 e. The number of fused-ring (bicyclic) bond motifs is 1. The van der Waals surface area contributed by atoms with Crippen LogP contribution in [-0.2, 0) is 27.4 Å². The highest BCUT2D eigenvalue weighted by Gasteiger charge is 2.55. The number of amides is 4. The molecule has 41 heavy (non-hydrogen) atoms. The third-order valence-corrected chi connectivity index (χ3v) is 7.14. The fourth-order valence-electron chi connectivity index (χ4n) is 5.19. The predicted molar refractivity (Wildman–Crippen MR) is 143 cm³/mol. The van der Waals surface area contributed by atoms with Crippen LogP contribution in [0.5, 0.6) is 0 Å². The summed E-state index contributed by atoms with van der Waals surface area (Å²) in [5.41, 5.74) is 5.00. The van der Waals surface area contributed by atoms with E-state index < -0.39 is 47.7 Å². The number of nitrogens with two attached hydrogens (primary N) is 1. The van der Waals surface area contributed by atoms with Gasteiger partial charge in [0.05, 0.1) is 24.3 Å².